The molecule has 3 aromatic rings. The van der Waals surface area contributed by atoms with Gasteiger partial charge in [-0.2, -0.15) is 13.2 Å². The van der Waals surface area contributed by atoms with Crippen LogP contribution in [0.4, 0.5) is 24.5 Å². The number of aliphatic imine (C=N–C) groups is 1. The Labute approximate surface area is 174 Å². The Morgan fingerprint density at radius 2 is 1.70 bits per heavy atom. The van der Waals surface area contributed by atoms with Gasteiger partial charge in [-0.3, -0.25) is 15.1 Å². The number of hydrogen-bond donors (Lipinski definition) is 0. The van der Waals surface area contributed by atoms with E-state index in [2.05, 4.69) is 4.99 Å². The van der Waals surface area contributed by atoms with Crippen LogP contribution in [0.15, 0.2) is 65.7 Å². The highest BCUT2D eigenvalue weighted by Gasteiger charge is 2.33. The van der Waals surface area contributed by atoms with Crippen molar-refractivity contribution < 1.29 is 22.8 Å². The van der Waals surface area contributed by atoms with Crippen molar-refractivity contribution >= 4 is 29.2 Å². The lowest BCUT2D eigenvalue weighted by molar-refractivity contribution is -0.385. The van der Waals surface area contributed by atoms with Gasteiger partial charge in [0, 0.05) is 22.9 Å². The molecule has 0 fully saturated rings. The molecule has 0 saturated heterocycles. The molecular weight excluding hydrogens is 421 g/mol. The second kappa shape index (κ2) is 8.54. The highest BCUT2D eigenvalue weighted by Crippen LogP contribution is 2.38. The fraction of sp³-hybridized carbons (Fsp3) is 0.0952. The van der Waals surface area contributed by atoms with Crippen molar-refractivity contribution in [2.75, 3.05) is 0 Å². The lowest BCUT2D eigenvalue weighted by Crippen LogP contribution is -2.06. The summed E-state index contributed by atoms with van der Waals surface area (Å²) in [6, 6.07) is 13.9. The van der Waals surface area contributed by atoms with Crippen molar-refractivity contribution in [3.63, 3.8) is 0 Å². The summed E-state index contributed by atoms with van der Waals surface area (Å²) in [4.78, 5) is 14.7. The molecule has 3 aromatic carbocycles. The summed E-state index contributed by atoms with van der Waals surface area (Å²) in [5.41, 5.74) is 0.180. The fourth-order valence-corrected chi connectivity index (χ4v) is 2.71. The van der Waals surface area contributed by atoms with Gasteiger partial charge in [-0.25, -0.2) is 0 Å². The number of aryl methyl sites for hydroxylation is 1. The zero-order valence-electron chi connectivity index (χ0n) is 15.5. The molecule has 0 spiro atoms. The molecule has 30 heavy (non-hydrogen) atoms. The van der Waals surface area contributed by atoms with Crippen LogP contribution < -0.4 is 4.74 Å². The van der Waals surface area contributed by atoms with Gasteiger partial charge in [-0.1, -0.05) is 29.3 Å². The second-order valence-electron chi connectivity index (χ2n) is 6.32. The molecular formula is C21H14ClF3N2O3. The Balaban J connectivity index is 1.97. The largest absolute Gasteiger partial charge is 0.449 e. The van der Waals surface area contributed by atoms with Crippen LogP contribution in [0.25, 0.3) is 0 Å². The third-order valence-electron chi connectivity index (χ3n) is 4.06. The molecule has 0 heterocycles. The molecule has 0 aromatic heterocycles. The Kier molecular flexibility index (Phi) is 6.07. The maximum absolute atomic E-state index is 12.9. The highest BCUT2D eigenvalue weighted by atomic mass is 35.5. The van der Waals surface area contributed by atoms with E-state index in [0.29, 0.717) is 22.3 Å². The van der Waals surface area contributed by atoms with Gasteiger partial charge < -0.3 is 4.74 Å². The molecule has 0 amide bonds. The van der Waals surface area contributed by atoms with Crippen LogP contribution in [0.5, 0.6) is 11.5 Å². The van der Waals surface area contributed by atoms with Crippen molar-refractivity contribution in [1.82, 2.24) is 0 Å². The number of hydrogen-bond acceptors (Lipinski definition) is 4. The molecule has 3 rings (SSSR count). The van der Waals surface area contributed by atoms with Crippen LogP contribution in [0, 0.1) is 17.0 Å². The van der Waals surface area contributed by atoms with Gasteiger partial charge in [0.2, 0.25) is 5.75 Å². The van der Waals surface area contributed by atoms with Gasteiger partial charge >= 0.3 is 11.9 Å². The first kappa shape index (κ1) is 21.3. The van der Waals surface area contributed by atoms with Crippen molar-refractivity contribution in [3.8, 4) is 11.5 Å². The summed E-state index contributed by atoms with van der Waals surface area (Å²) in [6.07, 6.45) is -3.25. The number of rotatable bonds is 5. The number of ether oxygens (including phenoxy) is 1. The van der Waals surface area contributed by atoms with Gasteiger partial charge in [0.25, 0.3) is 0 Å². The number of nitro groups is 1. The average Bonchev–Trinajstić information content (AvgIpc) is 2.68. The molecule has 0 bridgehead atoms. The van der Waals surface area contributed by atoms with E-state index >= 15 is 0 Å². The van der Waals surface area contributed by atoms with E-state index in [1.54, 1.807) is 12.1 Å². The number of halogens is 4. The molecule has 0 radical (unpaired) electrons. The summed E-state index contributed by atoms with van der Waals surface area (Å²) in [5.74, 6) is -0.182. The topological polar surface area (TPSA) is 64.7 Å². The fourth-order valence-electron chi connectivity index (χ4n) is 2.53. The molecule has 5 nitrogen and oxygen atoms in total. The summed E-state index contributed by atoms with van der Waals surface area (Å²) < 4.78 is 44.2. The standard InChI is InChI=1S/C21H14ClF3N2O3/c1-13-2-6-17(7-3-13)26-12-14-10-16(22)5-9-19(14)30-20-8-4-15(21(23,24)25)11-18(20)27(28)29/h2-12H,1H3. The van der Waals surface area contributed by atoms with Crippen molar-refractivity contribution in [2.24, 2.45) is 4.99 Å². The van der Waals surface area contributed by atoms with Crippen LogP contribution in [-0.4, -0.2) is 11.1 Å². The minimum atomic E-state index is -4.71. The van der Waals surface area contributed by atoms with Gasteiger partial charge in [-0.05, 0) is 49.4 Å². The van der Waals surface area contributed by atoms with Crippen LogP contribution in [0.2, 0.25) is 5.02 Å². The molecule has 0 aliphatic rings. The first-order chi connectivity index (χ1) is 14.1. The normalized spacial score (nSPS) is 11.6. The monoisotopic (exact) mass is 434 g/mol. The van der Waals surface area contributed by atoms with E-state index < -0.39 is 22.4 Å². The van der Waals surface area contributed by atoms with E-state index in [0.717, 1.165) is 17.7 Å². The first-order valence-corrected chi connectivity index (χ1v) is 8.95. The number of nitro benzene ring substituents is 1. The quantitative estimate of drug-likeness (QED) is 0.244. The zero-order chi connectivity index (χ0) is 21.9. The Bertz CT molecular complexity index is 1110. The molecule has 0 N–H and O–H groups in total. The Hall–Kier alpha value is -3.39. The zero-order valence-corrected chi connectivity index (χ0v) is 16.2. The predicted octanol–water partition coefficient (Wildman–Crippen LogP) is 7.12. The number of alkyl halides is 3. The molecule has 0 unspecified atom stereocenters. The minimum Gasteiger partial charge on any atom is -0.449 e. The van der Waals surface area contributed by atoms with Crippen LogP contribution in [-0.2, 0) is 6.18 Å². The van der Waals surface area contributed by atoms with E-state index in [-0.39, 0.29) is 11.5 Å². The summed E-state index contributed by atoms with van der Waals surface area (Å²) >= 11 is 6.02. The van der Waals surface area contributed by atoms with Crippen molar-refractivity contribution in [2.45, 2.75) is 13.1 Å². The molecule has 0 aliphatic heterocycles. The lowest BCUT2D eigenvalue weighted by atomic mass is 10.1. The molecule has 0 aliphatic carbocycles. The van der Waals surface area contributed by atoms with E-state index in [9.17, 15) is 23.3 Å². The summed E-state index contributed by atoms with van der Waals surface area (Å²) in [5, 5.41) is 11.6. The van der Waals surface area contributed by atoms with Crippen LogP contribution >= 0.6 is 11.6 Å². The maximum Gasteiger partial charge on any atom is 0.416 e. The Morgan fingerprint density at radius 3 is 2.33 bits per heavy atom. The lowest BCUT2D eigenvalue weighted by Gasteiger charge is -2.11. The maximum atomic E-state index is 12.9. The molecule has 0 saturated carbocycles. The predicted molar refractivity (Wildman–Crippen MR) is 108 cm³/mol. The second-order valence-corrected chi connectivity index (χ2v) is 6.75. The third kappa shape index (κ3) is 5.15. The summed E-state index contributed by atoms with van der Waals surface area (Å²) in [6.45, 7) is 1.94. The van der Waals surface area contributed by atoms with E-state index in [4.69, 9.17) is 16.3 Å². The van der Waals surface area contributed by atoms with Gasteiger partial charge in [0.15, 0.2) is 0 Å². The number of benzene rings is 3. The average molecular weight is 435 g/mol. The minimum absolute atomic E-state index is 0.151. The van der Waals surface area contributed by atoms with Gasteiger partial charge in [-0.15, -0.1) is 0 Å². The van der Waals surface area contributed by atoms with E-state index in [1.807, 2.05) is 19.1 Å². The molecule has 0 atom stereocenters. The van der Waals surface area contributed by atoms with Crippen LogP contribution in [0.3, 0.4) is 0 Å². The summed E-state index contributed by atoms with van der Waals surface area (Å²) in [7, 11) is 0. The molecule has 9 heteroatoms. The van der Waals surface area contributed by atoms with Crippen molar-refractivity contribution in [1.29, 1.82) is 0 Å². The smallest absolute Gasteiger partial charge is 0.416 e. The van der Waals surface area contributed by atoms with E-state index in [1.165, 1.54) is 24.4 Å². The van der Waals surface area contributed by atoms with Crippen LogP contribution in [0.1, 0.15) is 16.7 Å². The Morgan fingerprint density at radius 1 is 1.03 bits per heavy atom. The first-order valence-electron chi connectivity index (χ1n) is 8.57. The van der Waals surface area contributed by atoms with Crippen molar-refractivity contribution in [3.05, 3.63) is 92.5 Å². The highest BCUT2D eigenvalue weighted by molar-refractivity contribution is 6.30. The van der Waals surface area contributed by atoms with Gasteiger partial charge in [0.1, 0.15) is 5.75 Å². The SMILES string of the molecule is Cc1ccc(N=Cc2cc(Cl)ccc2Oc2ccc(C(F)(F)F)cc2[N+](=O)[O-])cc1. The number of nitrogens with zero attached hydrogens (tertiary/aromatic N) is 2. The van der Waals surface area contributed by atoms with Gasteiger partial charge in [0.05, 0.1) is 16.2 Å². The molecule has 154 valence electrons. The third-order valence-corrected chi connectivity index (χ3v) is 4.30.